The van der Waals surface area contributed by atoms with Crippen LogP contribution in [-0.4, -0.2) is 48.1 Å². The number of amides is 1. The van der Waals surface area contributed by atoms with Crippen LogP contribution in [0.25, 0.3) is 0 Å². The summed E-state index contributed by atoms with van der Waals surface area (Å²) in [5, 5.41) is 0. The van der Waals surface area contributed by atoms with E-state index in [1.807, 2.05) is 0 Å². The van der Waals surface area contributed by atoms with Gasteiger partial charge in [0.15, 0.2) is 5.57 Å². The first kappa shape index (κ1) is 17.7. The Morgan fingerprint density at radius 1 is 0.895 bits per heavy atom. The van der Waals surface area contributed by atoms with Gasteiger partial charge in [0.2, 0.25) is 5.95 Å². The molecule has 0 aliphatic heterocycles. The number of alkyl halides is 3. The highest BCUT2D eigenvalue weighted by atomic mass is 19.4. The van der Waals surface area contributed by atoms with E-state index in [9.17, 15) is 22.4 Å². The lowest BCUT2D eigenvalue weighted by Crippen LogP contribution is -2.39. The van der Waals surface area contributed by atoms with E-state index < -0.39 is 23.6 Å². The highest BCUT2D eigenvalue weighted by molar-refractivity contribution is 5.95. The lowest BCUT2D eigenvalue weighted by atomic mass is 10.2. The standard InChI is InChI=1S/C12H20F4N2O/c1-5-17(6-2)10(13)9(12(14,15)16)11(19)18(7-3)8-4/h5-8H2,1-4H3/b10-9-. The van der Waals surface area contributed by atoms with Crippen LogP contribution in [0, 0.1) is 0 Å². The van der Waals surface area contributed by atoms with Crippen molar-refractivity contribution in [2.24, 2.45) is 0 Å². The fourth-order valence-electron chi connectivity index (χ4n) is 1.65. The van der Waals surface area contributed by atoms with Crippen molar-refractivity contribution in [3.8, 4) is 0 Å². The SMILES string of the molecule is CCN(CC)C(=O)/C(=C(\F)N(CC)CC)C(F)(F)F. The molecule has 0 spiro atoms. The molecule has 0 radical (unpaired) electrons. The van der Waals surface area contributed by atoms with Crippen molar-refractivity contribution in [2.45, 2.75) is 33.9 Å². The van der Waals surface area contributed by atoms with Crippen LogP contribution in [0.2, 0.25) is 0 Å². The maximum absolute atomic E-state index is 13.9. The fourth-order valence-corrected chi connectivity index (χ4v) is 1.65. The average Bonchev–Trinajstić information content (AvgIpc) is 2.30. The minimum atomic E-state index is -5.01. The minimum absolute atomic E-state index is 0.0629. The number of hydrogen-bond donors (Lipinski definition) is 0. The third kappa shape index (κ3) is 4.40. The van der Waals surface area contributed by atoms with Crippen LogP contribution in [0.15, 0.2) is 11.5 Å². The molecular formula is C12H20F4N2O. The van der Waals surface area contributed by atoms with Gasteiger partial charge in [-0.3, -0.25) is 4.79 Å². The molecular weight excluding hydrogens is 264 g/mol. The van der Waals surface area contributed by atoms with E-state index in [0.717, 1.165) is 9.80 Å². The van der Waals surface area contributed by atoms with Crippen LogP contribution in [0.5, 0.6) is 0 Å². The van der Waals surface area contributed by atoms with Gasteiger partial charge in [-0.25, -0.2) is 0 Å². The highest BCUT2D eigenvalue weighted by Gasteiger charge is 2.44. The van der Waals surface area contributed by atoms with E-state index in [2.05, 4.69) is 0 Å². The van der Waals surface area contributed by atoms with Gasteiger partial charge < -0.3 is 9.80 Å². The molecule has 0 aromatic carbocycles. The second kappa shape index (κ2) is 7.35. The Morgan fingerprint density at radius 3 is 1.53 bits per heavy atom. The molecule has 0 rings (SSSR count). The first-order valence-corrected chi connectivity index (χ1v) is 6.25. The molecule has 1 amide bonds. The van der Waals surface area contributed by atoms with E-state index >= 15 is 0 Å². The Hall–Kier alpha value is -1.27. The predicted molar refractivity (Wildman–Crippen MR) is 65.0 cm³/mol. The molecule has 0 unspecified atom stereocenters. The lowest BCUT2D eigenvalue weighted by Gasteiger charge is -2.25. The first-order valence-electron chi connectivity index (χ1n) is 6.25. The third-order valence-corrected chi connectivity index (χ3v) is 2.80. The van der Waals surface area contributed by atoms with Gasteiger partial charge in [0.25, 0.3) is 5.91 Å². The van der Waals surface area contributed by atoms with Gasteiger partial charge in [-0.2, -0.15) is 17.6 Å². The molecule has 0 N–H and O–H groups in total. The van der Waals surface area contributed by atoms with Crippen molar-refractivity contribution in [1.29, 1.82) is 0 Å². The van der Waals surface area contributed by atoms with Crippen molar-refractivity contribution >= 4 is 5.91 Å². The molecule has 0 aliphatic carbocycles. The molecule has 0 heterocycles. The van der Waals surface area contributed by atoms with Gasteiger partial charge in [-0.15, -0.1) is 0 Å². The van der Waals surface area contributed by atoms with Crippen molar-refractivity contribution in [1.82, 2.24) is 9.80 Å². The maximum Gasteiger partial charge on any atom is 0.426 e. The van der Waals surface area contributed by atoms with Gasteiger partial charge in [-0.05, 0) is 27.7 Å². The second-order valence-corrected chi connectivity index (χ2v) is 3.81. The Labute approximate surface area is 110 Å². The number of hydrogen-bond acceptors (Lipinski definition) is 2. The highest BCUT2D eigenvalue weighted by Crippen LogP contribution is 2.31. The zero-order chi connectivity index (χ0) is 15.2. The molecule has 112 valence electrons. The first-order chi connectivity index (χ1) is 8.74. The number of halogens is 4. The van der Waals surface area contributed by atoms with Crippen LogP contribution < -0.4 is 0 Å². The van der Waals surface area contributed by atoms with Crippen LogP contribution in [0.3, 0.4) is 0 Å². The van der Waals surface area contributed by atoms with Gasteiger partial charge in [0.1, 0.15) is 0 Å². The average molecular weight is 284 g/mol. The van der Waals surface area contributed by atoms with Crippen molar-refractivity contribution in [3.63, 3.8) is 0 Å². The number of rotatable bonds is 6. The molecule has 0 saturated carbocycles. The van der Waals surface area contributed by atoms with E-state index in [1.54, 1.807) is 13.8 Å². The third-order valence-electron chi connectivity index (χ3n) is 2.80. The van der Waals surface area contributed by atoms with Crippen LogP contribution in [0.4, 0.5) is 17.6 Å². The molecule has 3 nitrogen and oxygen atoms in total. The molecule has 0 saturated heterocycles. The quantitative estimate of drug-likeness (QED) is 0.425. The summed E-state index contributed by atoms with van der Waals surface area (Å²) in [5.41, 5.74) is -1.72. The summed E-state index contributed by atoms with van der Waals surface area (Å²) in [6, 6.07) is 0. The monoisotopic (exact) mass is 284 g/mol. The Balaban J connectivity index is 5.70. The summed E-state index contributed by atoms with van der Waals surface area (Å²) in [7, 11) is 0. The Bertz CT molecular complexity index is 331. The smallest absolute Gasteiger partial charge is 0.348 e. The Morgan fingerprint density at radius 2 is 1.26 bits per heavy atom. The second-order valence-electron chi connectivity index (χ2n) is 3.81. The van der Waals surface area contributed by atoms with Crippen molar-refractivity contribution in [2.75, 3.05) is 26.2 Å². The Kier molecular flexibility index (Phi) is 6.86. The molecule has 0 bridgehead atoms. The summed E-state index contributed by atoms with van der Waals surface area (Å²) in [4.78, 5) is 13.6. The molecule has 0 atom stereocenters. The normalized spacial score (nSPS) is 13.1. The van der Waals surface area contributed by atoms with Gasteiger partial charge in [0, 0.05) is 26.2 Å². The van der Waals surface area contributed by atoms with E-state index in [-0.39, 0.29) is 26.2 Å². The summed E-state index contributed by atoms with van der Waals surface area (Å²) in [6.45, 7) is 6.47. The number of likely N-dealkylation sites (N-methyl/N-ethyl adjacent to an activating group) is 1. The summed E-state index contributed by atoms with van der Waals surface area (Å²) in [6.07, 6.45) is -5.01. The van der Waals surface area contributed by atoms with Gasteiger partial charge in [-0.1, -0.05) is 0 Å². The summed E-state index contributed by atoms with van der Waals surface area (Å²) in [5.74, 6) is -2.82. The number of nitrogens with zero attached hydrogens (tertiary/aromatic N) is 2. The molecule has 7 heteroatoms. The topological polar surface area (TPSA) is 23.6 Å². The molecule has 0 aromatic rings. The molecule has 19 heavy (non-hydrogen) atoms. The molecule has 0 aromatic heterocycles. The fraction of sp³-hybridized carbons (Fsp3) is 0.750. The number of carbonyl (C=O) groups excluding carboxylic acids is 1. The summed E-state index contributed by atoms with van der Waals surface area (Å²) < 4.78 is 52.7. The number of carbonyl (C=O) groups is 1. The zero-order valence-corrected chi connectivity index (χ0v) is 11.6. The maximum atomic E-state index is 13.9. The predicted octanol–water partition coefficient (Wildman–Crippen LogP) is 2.94. The van der Waals surface area contributed by atoms with Crippen molar-refractivity contribution < 1.29 is 22.4 Å². The van der Waals surface area contributed by atoms with E-state index in [4.69, 9.17) is 0 Å². The van der Waals surface area contributed by atoms with Crippen LogP contribution in [0.1, 0.15) is 27.7 Å². The minimum Gasteiger partial charge on any atom is -0.348 e. The van der Waals surface area contributed by atoms with Crippen LogP contribution >= 0.6 is 0 Å². The largest absolute Gasteiger partial charge is 0.426 e. The zero-order valence-electron chi connectivity index (χ0n) is 11.6. The van der Waals surface area contributed by atoms with Gasteiger partial charge >= 0.3 is 6.18 Å². The molecule has 0 aliphatic rings. The summed E-state index contributed by atoms with van der Waals surface area (Å²) >= 11 is 0. The van der Waals surface area contributed by atoms with Crippen LogP contribution in [-0.2, 0) is 4.79 Å². The lowest BCUT2D eigenvalue weighted by molar-refractivity contribution is -0.140. The van der Waals surface area contributed by atoms with Crippen molar-refractivity contribution in [3.05, 3.63) is 11.5 Å². The van der Waals surface area contributed by atoms with E-state index in [0.29, 0.717) is 0 Å². The van der Waals surface area contributed by atoms with E-state index in [1.165, 1.54) is 13.8 Å². The molecule has 0 fully saturated rings. The van der Waals surface area contributed by atoms with Gasteiger partial charge in [0.05, 0.1) is 0 Å².